The van der Waals surface area contributed by atoms with E-state index in [0.717, 1.165) is 31.0 Å². The number of furan rings is 1. The third kappa shape index (κ3) is 5.32. The van der Waals surface area contributed by atoms with Gasteiger partial charge < -0.3 is 19.8 Å². The molecule has 25 heavy (non-hydrogen) atoms. The van der Waals surface area contributed by atoms with Crippen molar-refractivity contribution >= 4 is 17.4 Å². The Kier molecular flexibility index (Phi) is 6.49. The fourth-order valence-electron chi connectivity index (χ4n) is 2.94. The van der Waals surface area contributed by atoms with Crippen LogP contribution in [0.4, 0.5) is 4.79 Å². The minimum absolute atomic E-state index is 0.0284. The van der Waals surface area contributed by atoms with E-state index in [9.17, 15) is 4.79 Å². The van der Waals surface area contributed by atoms with E-state index in [2.05, 4.69) is 21.6 Å². The van der Waals surface area contributed by atoms with Crippen molar-refractivity contribution in [3.63, 3.8) is 0 Å². The first-order chi connectivity index (χ1) is 12.2. The fourth-order valence-corrected chi connectivity index (χ4v) is 3.65. The van der Waals surface area contributed by atoms with E-state index in [1.54, 1.807) is 11.3 Å². The maximum absolute atomic E-state index is 12.1. The molecule has 0 radical (unpaired) electrons. The molecule has 136 valence electrons. The van der Waals surface area contributed by atoms with Crippen molar-refractivity contribution in [2.45, 2.75) is 19.4 Å². The molecule has 6 nitrogen and oxygen atoms in total. The number of urea groups is 1. The van der Waals surface area contributed by atoms with Gasteiger partial charge in [-0.25, -0.2) is 4.79 Å². The van der Waals surface area contributed by atoms with Crippen LogP contribution in [0.3, 0.4) is 0 Å². The lowest BCUT2D eigenvalue weighted by molar-refractivity contribution is 0.0121. The van der Waals surface area contributed by atoms with Crippen LogP contribution < -0.4 is 10.6 Å². The molecule has 2 amide bonds. The molecule has 1 atom stereocenters. The highest BCUT2D eigenvalue weighted by atomic mass is 32.1. The SMILES string of the molecule is Cc1ccc(C(CNC(=O)NCCc2cccs2)N2CCOCC2)o1. The smallest absolute Gasteiger partial charge is 0.314 e. The van der Waals surface area contributed by atoms with Crippen molar-refractivity contribution in [3.05, 3.63) is 46.0 Å². The highest BCUT2D eigenvalue weighted by molar-refractivity contribution is 7.09. The van der Waals surface area contributed by atoms with Crippen LogP contribution in [0.5, 0.6) is 0 Å². The highest BCUT2D eigenvalue weighted by Gasteiger charge is 2.25. The second-order valence-electron chi connectivity index (χ2n) is 6.08. The normalized spacial score (nSPS) is 16.5. The van der Waals surface area contributed by atoms with Crippen molar-refractivity contribution in [3.8, 4) is 0 Å². The monoisotopic (exact) mass is 363 g/mol. The largest absolute Gasteiger partial charge is 0.465 e. The lowest BCUT2D eigenvalue weighted by Crippen LogP contribution is -2.45. The van der Waals surface area contributed by atoms with Crippen LogP contribution in [-0.2, 0) is 11.2 Å². The highest BCUT2D eigenvalue weighted by Crippen LogP contribution is 2.23. The van der Waals surface area contributed by atoms with Crippen LogP contribution in [0.15, 0.2) is 34.1 Å². The summed E-state index contributed by atoms with van der Waals surface area (Å²) in [7, 11) is 0. The summed E-state index contributed by atoms with van der Waals surface area (Å²) in [6.07, 6.45) is 0.857. The average Bonchev–Trinajstić information content (AvgIpc) is 3.28. The van der Waals surface area contributed by atoms with Gasteiger partial charge in [0.05, 0.1) is 19.3 Å². The molecule has 1 fully saturated rings. The summed E-state index contributed by atoms with van der Waals surface area (Å²) >= 11 is 1.71. The van der Waals surface area contributed by atoms with E-state index >= 15 is 0 Å². The number of thiophene rings is 1. The molecular formula is C18H25N3O3S. The molecule has 1 aliphatic rings. The number of nitrogens with zero attached hydrogens (tertiary/aromatic N) is 1. The van der Waals surface area contributed by atoms with E-state index in [1.165, 1.54) is 4.88 Å². The first-order valence-corrected chi connectivity index (χ1v) is 9.52. The van der Waals surface area contributed by atoms with Gasteiger partial charge in [-0.15, -0.1) is 11.3 Å². The van der Waals surface area contributed by atoms with E-state index in [4.69, 9.17) is 9.15 Å². The molecule has 0 aliphatic carbocycles. The topological polar surface area (TPSA) is 66.7 Å². The number of hydrogen-bond acceptors (Lipinski definition) is 5. The number of carbonyl (C=O) groups excluding carboxylic acids is 1. The van der Waals surface area contributed by atoms with Gasteiger partial charge in [0.25, 0.3) is 0 Å². The van der Waals surface area contributed by atoms with Crippen molar-refractivity contribution < 1.29 is 13.9 Å². The van der Waals surface area contributed by atoms with Crippen LogP contribution in [0.2, 0.25) is 0 Å². The lowest BCUT2D eigenvalue weighted by atomic mass is 10.1. The van der Waals surface area contributed by atoms with Gasteiger partial charge in [-0.05, 0) is 36.9 Å². The number of ether oxygens (including phenoxy) is 1. The fraction of sp³-hybridized carbons (Fsp3) is 0.500. The summed E-state index contributed by atoms with van der Waals surface area (Å²) in [6, 6.07) is 7.95. The minimum Gasteiger partial charge on any atom is -0.465 e. The molecule has 0 spiro atoms. The maximum atomic E-state index is 12.1. The number of nitrogens with one attached hydrogen (secondary N) is 2. The van der Waals surface area contributed by atoms with Crippen LogP contribution in [0.1, 0.15) is 22.4 Å². The summed E-state index contributed by atoms with van der Waals surface area (Å²) in [5, 5.41) is 7.95. The third-order valence-corrected chi connectivity index (χ3v) is 5.21. The van der Waals surface area contributed by atoms with Gasteiger partial charge in [0, 0.05) is 31.1 Å². The molecule has 0 aromatic carbocycles. The zero-order valence-electron chi connectivity index (χ0n) is 14.5. The van der Waals surface area contributed by atoms with E-state index in [0.29, 0.717) is 26.3 Å². The van der Waals surface area contributed by atoms with Gasteiger partial charge >= 0.3 is 6.03 Å². The lowest BCUT2D eigenvalue weighted by Gasteiger charge is -2.33. The molecule has 1 unspecified atom stereocenters. The second kappa shape index (κ2) is 9.03. The van der Waals surface area contributed by atoms with Gasteiger partial charge in [0.2, 0.25) is 0 Å². The Labute approximate surface area is 152 Å². The average molecular weight is 363 g/mol. The van der Waals surface area contributed by atoms with E-state index < -0.39 is 0 Å². The molecule has 0 bridgehead atoms. The maximum Gasteiger partial charge on any atom is 0.314 e. The third-order valence-electron chi connectivity index (χ3n) is 4.27. The Bertz CT molecular complexity index is 650. The Morgan fingerprint density at radius 2 is 2.12 bits per heavy atom. The molecule has 3 heterocycles. The van der Waals surface area contributed by atoms with Gasteiger partial charge in [0.1, 0.15) is 11.5 Å². The summed E-state index contributed by atoms with van der Waals surface area (Å²) in [5.74, 6) is 1.77. The molecule has 3 rings (SSSR count). The van der Waals surface area contributed by atoms with Crippen LogP contribution in [-0.4, -0.2) is 50.3 Å². The van der Waals surface area contributed by atoms with Crippen molar-refractivity contribution in [2.75, 3.05) is 39.4 Å². The van der Waals surface area contributed by atoms with Crippen molar-refractivity contribution in [2.24, 2.45) is 0 Å². The molecule has 1 aliphatic heterocycles. The molecule has 0 saturated carbocycles. The zero-order valence-corrected chi connectivity index (χ0v) is 15.3. The molecule has 2 aromatic heterocycles. The Balaban J connectivity index is 1.50. The molecule has 2 aromatic rings. The Morgan fingerprint density at radius 1 is 1.28 bits per heavy atom. The molecule has 1 saturated heterocycles. The van der Waals surface area contributed by atoms with Gasteiger partial charge in [-0.1, -0.05) is 6.07 Å². The van der Waals surface area contributed by atoms with E-state index in [-0.39, 0.29) is 12.1 Å². The van der Waals surface area contributed by atoms with Crippen molar-refractivity contribution in [1.29, 1.82) is 0 Å². The van der Waals surface area contributed by atoms with E-state index in [1.807, 2.05) is 30.5 Å². The predicted octanol–water partition coefficient (Wildman–Crippen LogP) is 2.56. The summed E-state index contributed by atoms with van der Waals surface area (Å²) in [6.45, 7) is 6.18. The minimum atomic E-state index is -0.141. The number of hydrogen-bond donors (Lipinski definition) is 2. The van der Waals surface area contributed by atoms with Crippen LogP contribution in [0.25, 0.3) is 0 Å². The standard InChI is InChI=1S/C18H25N3O3S/c1-14-4-5-17(24-14)16(21-8-10-23-11-9-21)13-20-18(22)19-7-6-15-3-2-12-25-15/h2-5,12,16H,6-11,13H2,1H3,(H2,19,20,22). The van der Waals surface area contributed by atoms with Crippen LogP contribution >= 0.6 is 11.3 Å². The van der Waals surface area contributed by atoms with Gasteiger partial charge in [-0.2, -0.15) is 0 Å². The second-order valence-corrected chi connectivity index (χ2v) is 7.11. The first kappa shape index (κ1) is 18.0. The molecule has 7 heteroatoms. The number of aryl methyl sites for hydroxylation is 1. The summed E-state index contributed by atoms with van der Waals surface area (Å²) in [5.41, 5.74) is 0. The van der Waals surface area contributed by atoms with Gasteiger partial charge in [0.15, 0.2) is 0 Å². The van der Waals surface area contributed by atoms with Gasteiger partial charge in [-0.3, -0.25) is 4.90 Å². The predicted molar refractivity (Wildman–Crippen MR) is 98.0 cm³/mol. The zero-order chi connectivity index (χ0) is 17.5. The number of carbonyl (C=O) groups is 1. The Morgan fingerprint density at radius 3 is 2.80 bits per heavy atom. The number of amides is 2. The summed E-state index contributed by atoms with van der Waals surface area (Å²) < 4.78 is 11.2. The quantitative estimate of drug-likeness (QED) is 0.793. The first-order valence-electron chi connectivity index (χ1n) is 8.64. The molecular weight excluding hydrogens is 338 g/mol. The Hall–Kier alpha value is -1.83. The van der Waals surface area contributed by atoms with Crippen molar-refractivity contribution in [1.82, 2.24) is 15.5 Å². The van der Waals surface area contributed by atoms with Crippen LogP contribution in [0, 0.1) is 6.92 Å². The number of rotatable bonds is 7. The molecule has 2 N–H and O–H groups in total. The summed E-state index contributed by atoms with van der Waals surface area (Å²) in [4.78, 5) is 15.7. The number of morpholine rings is 1.